The number of ketones is 1. The highest BCUT2D eigenvalue weighted by atomic mass is 79.9. The van der Waals surface area contributed by atoms with Crippen LogP contribution in [-0.4, -0.2) is 14.0 Å². The lowest BCUT2D eigenvalue weighted by Gasteiger charge is -2.28. The maximum absolute atomic E-state index is 12.4. The van der Waals surface area contributed by atoms with Gasteiger partial charge in [0.2, 0.25) is 0 Å². The molecule has 0 fully saturated rings. The number of hydrogen-bond acceptors (Lipinski definition) is 3. The molecule has 0 amide bonds. The second-order valence-electron chi connectivity index (χ2n) is 5.49. The van der Waals surface area contributed by atoms with Crippen molar-refractivity contribution in [1.29, 1.82) is 0 Å². The third kappa shape index (κ3) is 2.79. The van der Waals surface area contributed by atoms with Crippen molar-refractivity contribution < 1.29 is 9.53 Å². The van der Waals surface area contributed by atoms with E-state index in [0.29, 0.717) is 17.2 Å². The number of ether oxygens (including phenoxy) is 1. The molecular formula is C18H11Br2NO2. The Bertz CT molecular complexity index is 912. The molecule has 0 N–H and O–H groups in total. The zero-order valence-electron chi connectivity index (χ0n) is 11.9. The number of allylic oxidation sites excluding steroid dienone is 4. The van der Waals surface area contributed by atoms with Crippen LogP contribution in [0.1, 0.15) is 5.69 Å². The number of pyridine rings is 1. The van der Waals surface area contributed by atoms with Crippen LogP contribution in [0.4, 0.5) is 0 Å². The van der Waals surface area contributed by atoms with E-state index in [4.69, 9.17) is 4.74 Å². The number of fused-ring (bicyclic) bond motifs is 2. The number of halogens is 2. The number of benzene rings is 1. The summed E-state index contributed by atoms with van der Waals surface area (Å²) in [5.41, 5.74) is 0.653. The molecule has 0 spiro atoms. The molecule has 1 aromatic heterocycles. The van der Waals surface area contributed by atoms with Crippen LogP contribution in [-0.2, 0) is 9.53 Å². The topological polar surface area (TPSA) is 39.2 Å². The van der Waals surface area contributed by atoms with Gasteiger partial charge in [-0.2, -0.15) is 0 Å². The Hall–Kier alpha value is -1.72. The Morgan fingerprint density at radius 2 is 1.96 bits per heavy atom. The van der Waals surface area contributed by atoms with Crippen LogP contribution >= 0.6 is 31.9 Å². The van der Waals surface area contributed by atoms with Gasteiger partial charge < -0.3 is 4.74 Å². The SMILES string of the molecule is O=C1C=C(c2cc3ccccc3cn2)OC2=CC(Br)(Br)C=CC12. The number of hydrogen-bond donors (Lipinski definition) is 0. The lowest BCUT2D eigenvalue weighted by molar-refractivity contribution is -0.117. The number of carbonyl (C=O) groups is 1. The van der Waals surface area contributed by atoms with Gasteiger partial charge in [-0.3, -0.25) is 9.78 Å². The lowest BCUT2D eigenvalue weighted by atomic mass is 9.93. The second-order valence-corrected chi connectivity index (χ2v) is 9.18. The molecule has 5 heteroatoms. The average Bonchev–Trinajstić information content (AvgIpc) is 2.53. The molecule has 2 heterocycles. The minimum Gasteiger partial charge on any atom is -0.458 e. The van der Waals surface area contributed by atoms with Gasteiger partial charge in [-0.25, -0.2) is 0 Å². The highest BCUT2D eigenvalue weighted by Gasteiger charge is 2.34. The summed E-state index contributed by atoms with van der Waals surface area (Å²) in [5, 5.41) is 2.11. The summed E-state index contributed by atoms with van der Waals surface area (Å²) in [7, 11) is 0. The predicted molar refractivity (Wildman–Crippen MR) is 97.1 cm³/mol. The van der Waals surface area contributed by atoms with Gasteiger partial charge in [0.05, 0.1) is 5.92 Å². The van der Waals surface area contributed by atoms with Crippen LogP contribution in [0.25, 0.3) is 16.5 Å². The fourth-order valence-corrected chi connectivity index (χ4v) is 3.45. The molecule has 4 rings (SSSR count). The van der Waals surface area contributed by atoms with E-state index < -0.39 is 3.23 Å². The molecule has 1 aromatic carbocycles. The first-order chi connectivity index (χ1) is 11.0. The Morgan fingerprint density at radius 1 is 1.17 bits per heavy atom. The van der Waals surface area contributed by atoms with E-state index >= 15 is 0 Å². The van der Waals surface area contributed by atoms with Crippen molar-refractivity contribution in [2.45, 2.75) is 3.23 Å². The van der Waals surface area contributed by atoms with Crippen molar-refractivity contribution in [3.8, 4) is 0 Å². The first-order valence-corrected chi connectivity index (χ1v) is 8.69. The molecule has 1 unspecified atom stereocenters. The smallest absolute Gasteiger partial charge is 0.173 e. The van der Waals surface area contributed by atoms with Crippen molar-refractivity contribution >= 4 is 54.2 Å². The maximum Gasteiger partial charge on any atom is 0.173 e. The number of aromatic nitrogens is 1. The number of nitrogens with zero attached hydrogens (tertiary/aromatic N) is 1. The number of rotatable bonds is 1. The first kappa shape index (κ1) is 14.8. The highest BCUT2D eigenvalue weighted by molar-refractivity contribution is 9.25. The summed E-state index contributed by atoms with van der Waals surface area (Å²) in [6.45, 7) is 0. The van der Waals surface area contributed by atoms with Crippen molar-refractivity contribution in [3.63, 3.8) is 0 Å². The van der Waals surface area contributed by atoms with Crippen molar-refractivity contribution in [2.75, 3.05) is 0 Å². The van der Waals surface area contributed by atoms with Gasteiger partial charge in [0, 0.05) is 17.7 Å². The Kier molecular flexibility index (Phi) is 3.50. The van der Waals surface area contributed by atoms with Gasteiger partial charge in [0.25, 0.3) is 0 Å². The van der Waals surface area contributed by atoms with Crippen LogP contribution in [0, 0.1) is 5.92 Å². The summed E-state index contributed by atoms with van der Waals surface area (Å²) >= 11 is 7.02. The van der Waals surface area contributed by atoms with Crippen molar-refractivity contribution in [3.05, 3.63) is 72.3 Å². The molecule has 1 atom stereocenters. The highest BCUT2D eigenvalue weighted by Crippen LogP contribution is 2.41. The minimum absolute atomic E-state index is 0.000733. The fourth-order valence-electron chi connectivity index (χ4n) is 2.69. The van der Waals surface area contributed by atoms with Crippen LogP contribution in [0.5, 0.6) is 0 Å². The molecule has 0 saturated carbocycles. The molecule has 2 aliphatic rings. The van der Waals surface area contributed by atoms with E-state index in [1.165, 1.54) is 6.08 Å². The molecule has 0 saturated heterocycles. The number of carbonyl (C=O) groups excluding carboxylic acids is 1. The Labute approximate surface area is 150 Å². The van der Waals surface area contributed by atoms with Gasteiger partial charge >= 0.3 is 0 Å². The third-order valence-electron chi connectivity index (χ3n) is 3.84. The molecule has 0 radical (unpaired) electrons. The maximum atomic E-state index is 12.4. The summed E-state index contributed by atoms with van der Waals surface area (Å²) in [6, 6.07) is 9.89. The Balaban J connectivity index is 1.77. The van der Waals surface area contributed by atoms with E-state index in [0.717, 1.165) is 10.8 Å². The van der Waals surface area contributed by atoms with Gasteiger partial charge in [0.15, 0.2) is 11.5 Å². The molecule has 1 aliphatic heterocycles. The largest absolute Gasteiger partial charge is 0.458 e. The van der Waals surface area contributed by atoms with Gasteiger partial charge in [-0.1, -0.05) is 68.3 Å². The zero-order valence-corrected chi connectivity index (χ0v) is 15.0. The standard InChI is InChI=1S/C18H11Br2NO2/c19-18(20)6-5-13-15(22)8-16(23-17(13)9-18)14-7-11-3-1-2-4-12(11)10-21-14/h1-10,13H. The number of alkyl halides is 2. The van der Waals surface area contributed by atoms with Crippen LogP contribution in [0.3, 0.4) is 0 Å². The third-order valence-corrected chi connectivity index (χ3v) is 4.83. The molecule has 1 aliphatic carbocycles. The lowest BCUT2D eigenvalue weighted by Crippen LogP contribution is -2.25. The summed E-state index contributed by atoms with van der Waals surface area (Å²) in [6.07, 6.45) is 8.89. The average molecular weight is 433 g/mol. The molecular weight excluding hydrogens is 422 g/mol. The van der Waals surface area contributed by atoms with E-state index in [-0.39, 0.29) is 11.7 Å². The second kappa shape index (κ2) is 5.42. The molecule has 2 aromatic rings. The van der Waals surface area contributed by atoms with E-state index in [9.17, 15) is 4.79 Å². The van der Waals surface area contributed by atoms with Crippen molar-refractivity contribution in [2.24, 2.45) is 5.92 Å². The summed E-state index contributed by atoms with van der Waals surface area (Å²) < 4.78 is 5.48. The zero-order chi connectivity index (χ0) is 16.0. The molecule has 0 bridgehead atoms. The van der Waals surface area contributed by atoms with E-state index in [2.05, 4.69) is 36.8 Å². The molecule has 3 nitrogen and oxygen atoms in total. The van der Waals surface area contributed by atoms with Gasteiger partial charge in [-0.05, 0) is 17.5 Å². The van der Waals surface area contributed by atoms with Crippen LogP contribution in [0.15, 0.2) is 66.6 Å². The van der Waals surface area contributed by atoms with E-state index in [1.54, 1.807) is 6.20 Å². The fraction of sp³-hybridized carbons (Fsp3) is 0.111. The Morgan fingerprint density at radius 3 is 2.78 bits per heavy atom. The van der Waals surface area contributed by atoms with Crippen molar-refractivity contribution in [1.82, 2.24) is 4.98 Å². The monoisotopic (exact) mass is 431 g/mol. The summed E-state index contributed by atoms with van der Waals surface area (Å²) in [5.74, 6) is 0.731. The quantitative estimate of drug-likeness (QED) is 0.483. The van der Waals surface area contributed by atoms with E-state index in [1.807, 2.05) is 48.6 Å². The summed E-state index contributed by atoms with van der Waals surface area (Å²) in [4.78, 5) is 16.8. The van der Waals surface area contributed by atoms with Crippen LogP contribution in [0.2, 0.25) is 0 Å². The predicted octanol–water partition coefficient (Wildman–Crippen LogP) is 4.73. The van der Waals surface area contributed by atoms with Gasteiger partial charge in [0.1, 0.15) is 14.7 Å². The molecule has 114 valence electrons. The first-order valence-electron chi connectivity index (χ1n) is 7.10. The van der Waals surface area contributed by atoms with Crippen LogP contribution < -0.4 is 0 Å². The molecule has 23 heavy (non-hydrogen) atoms. The normalized spacial score (nSPS) is 22.2. The minimum atomic E-state index is -0.481. The van der Waals surface area contributed by atoms with Gasteiger partial charge in [-0.15, -0.1) is 0 Å².